The average molecular weight is 333 g/mol. The summed E-state index contributed by atoms with van der Waals surface area (Å²) in [6.07, 6.45) is 1.85. The quantitative estimate of drug-likeness (QED) is 0.867. The van der Waals surface area contributed by atoms with Gasteiger partial charge in [-0.2, -0.15) is 5.10 Å². The van der Waals surface area contributed by atoms with Gasteiger partial charge in [-0.1, -0.05) is 0 Å². The Morgan fingerprint density at radius 1 is 1.54 bits per heavy atom. The number of hydrogen-bond donors (Lipinski definition) is 2. The molecule has 2 aromatic rings. The van der Waals surface area contributed by atoms with E-state index in [1.54, 1.807) is 16.8 Å². The third kappa shape index (κ3) is 2.97. The van der Waals surface area contributed by atoms with Crippen LogP contribution in [0.3, 0.4) is 0 Å². The van der Waals surface area contributed by atoms with Gasteiger partial charge in [0.2, 0.25) is 5.91 Å². The van der Waals surface area contributed by atoms with Crippen LogP contribution < -0.4 is 5.32 Å². The number of amides is 1. The van der Waals surface area contributed by atoms with Gasteiger partial charge in [-0.25, -0.2) is 0 Å². The maximum Gasteiger partial charge on any atom is 0.226 e. The van der Waals surface area contributed by atoms with Crippen LogP contribution in [0.2, 0.25) is 0 Å². The van der Waals surface area contributed by atoms with Crippen molar-refractivity contribution in [2.75, 3.05) is 13.2 Å². The van der Waals surface area contributed by atoms with Gasteiger partial charge in [0.05, 0.1) is 30.6 Å². The van der Waals surface area contributed by atoms with Gasteiger partial charge in [0.25, 0.3) is 0 Å². The van der Waals surface area contributed by atoms with Crippen LogP contribution in [0.5, 0.6) is 0 Å². The van der Waals surface area contributed by atoms with E-state index in [9.17, 15) is 9.90 Å². The summed E-state index contributed by atoms with van der Waals surface area (Å²) in [7, 11) is 1.88. The fourth-order valence-corrected chi connectivity index (χ4v) is 3.32. The minimum Gasteiger partial charge on any atom is -0.467 e. The molecule has 3 rings (SSSR count). The van der Waals surface area contributed by atoms with Crippen molar-refractivity contribution in [3.05, 3.63) is 41.1 Å². The number of aryl methyl sites for hydroxylation is 2. The monoisotopic (exact) mass is 333 g/mol. The van der Waals surface area contributed by atoms with Gasteiger partial charge in [0.15, 0.2) is 0 Å². The van der Waals surface area contributed by atoms with E-state index in [-0.39, 0.29) is 24.5 Å². The van der Waals surface area contributed by atoms with Gasteiger partial charge in [0.1, 0.15) is 11.8 Å². The van der Waals surface area contributed by atoms with Crippen molar-refractivity contribution in [3.8, 4) is 0 Å². The van der Waals surface area contributed by atoms with E-state index in [0.717, 1.165) is 17.0 Å². The molecule has 3 heterocycles. The number of carbonyl (C=O) groups excluding carboxylic acids is 1. The van der Waals surface area contributed by atoms with Crippen molar-refractivity contribution in [2.24, 2.45) is 13.0 Å². The number of hydrogen-bond acceptors (Lipinski definition) is 5. The highest BCUT2D eigenvalue weighted by Gasteiger charge is 2.39. The summed E-state index contributed by atoms with van der Waals surface area (Å²) in [5.74, 6) is 0.0845. The van der Waals surface area contributed by atoms with E-state index >= 15 is 0 Å². The SMILES string of the molecule is Cc1nn(C)c(C)c1[C@H]1OCC[C@@H]1C(=O)N[C@H](CO)c1ccco1. The molecule has 0 bridgehead atoms. The molecule has 1 fully saturated rings. The maximum atomic E-state index is 12.8. The van der Waals surface area contributed by atoms with Crippen LogP contribution in [-0.4, -0.2) is 34.0 Å². The van der Waals surface area contributed by atoms with Crippen LogP contribution in [0.15, 0.2) is 22.8 Å². The van der Waals surface area contributed by atoms with Crippen molar-refractivity contribution in [1.82, 2.24) is 15.1 Å². The first kappa shape index (κ1) is 16.7. The Morgan fingerprint density at radius 2 is 2.33 bits per heavy atom. The second-order valence-electron chi connectivity index (χ2n) is 6.15. The predicted molar refractivity (Wildman–Crippen MR) is 86.2 cm³/mol. The molecule has 2 aromatic heterocycles. The number of rotatable bonds is 5. The van der Waals surface area contributed by atoms with E-state index in [1.165, 1.54) is 6.26 Å². The molecule has 1 aliphatic rings. The number of ether oxygens (including phenoxy) is 1. The maximum absolute atomic E-state index is 12.8. The number of nitrogens with one attached hydrogen (secondary N) is 1. The zero-order valence-corrected chi connectivity index (χ0v) is 14.2. The molecule has 7 nitrogen and oxygen atoms in total. The number of aliphatic hydroxyl groups is 1. The van der Waals surface area contributed by atoms with Crippen molar-refractivity contribution in [1.29, 1.82) is 0 Å². The molecule has 0 saturated carbocycles. The van der Waals surface area contributed by atoms with E-state index in [2.05, 4.69) is 10.4 Å². The first-order valence-electron chi connectivity index (χ1n) is 8.09. The van der Waals surface area contributed by atoms with E-state index < -0.39 is 6.04 Å². The van der Waals surface area contributed by atoms with E-state index in [4.69, 9.17) is 9.15 Å². The minimum atomic E-state index is -0.551. The van der Waals surface area contributed by atoms with Gasteiger partial charge >= 0.3 is 0 Å². The number of nitrogens with zero attached hydrogens (tertiary/aromatic N) is 2. The standard InChI is InChI=1S/C17H23N3O4/c1-10-15(11(2)20(3)19-10)16-12(6-8-24-16)17(22)18-13(9-21)14-5-4-7-23-14/h4-5,7,12-13,16,21H,6,8-9H2,1-3H3,(H,18,22)/t12-,13+,16-/m0/s1. The summed E-state index contributed by atoms with van der Waals surface area (Å²) >= 11 is 0. The predicted octanol–water partition coefficient (Wildman–Crippen LogP) is 1.56. The van der Waals surface area contributed by atoms with E-state index in [0.29, 0.717) is 18.8 Å². The second kappa shape index (κ2) is 6.78. The Kier molecular flexibility index (Phi) is 4.73. The molecule has 2 N–H and O–H groups in total. The Bertz CT molecular complexity index is 708. The van der Waals surface area contributed by atoms with Crippen LogP contribution in [0.4, 0.5) is 0 Å². The first-order valence-corrected chi connectivity index (χ1v) is 8.09. The minimum absolute atomic E-state index is 0.143. The van der Waals surface area contributed by atoms with Crippen molar-refractivity contribution >= 4 is 5.91 Å². The van der Waals surface area contributed by atoms with Gasteiger partial charge in [-0.05, 0) is 32.4 Å². The van der Waals surface area contributed by atoms with Crippen molar-refractivity contribution < 1.29 is 19.1 Å². The molecule has 1 saturated heterocycles. The lowest BCUT2D eigenvalue weighted by molar-refractivity contribution is -0.128. The van der Waals surface area contributed by atoms with Crippen LogP contribution in [0, 0.1) is 19.8 Å². The number of aromatic nitrogens is 2. The highest BCUT2D eigenvalue weighted by Crippen LogP contribution is 2.38. The lowest BCUT2D eigenvalue weighted by Crippen LogP contribution is -2.36. The number of furan rings is 1. The van der Waals surface area contributed by atoms with Gasteiger partial charge in [-0.3, -0.25) is 9.48 Å². The van der Waals surface area contributed by atoms with E-state index in [1.807, 2.05) is 20.9 Å². The fourth-order valence-electron chi connectivity index (χ4n) is 3.32. The van der Waals surface area contributed by atoms with Crippen LogP contribution in [0.1, 0.15) is 41.3 Å². The van der Waals surface area contributed by atoms with Gasteiger partial charge in [0, 0.05) is 24.9 Å². The molecule has 0 unspecified atom stereocenters. The number of aliphatic hydroxyl groups excluding tert-OH is 1. The van der Waals surface area contributed by atoms with Crippen LogP contribution in [0.25, 0.3) is 0 Å². The summed E-state index contributed by atoms with van der Waals surface area (Å²) in [5, 5.41) is 16.8. The highest BCUT2D eigenvalue weighted by atomic mass is 16.5. The largest absolute Gasteiger partial charge is 0.467 e. The Labute approximate surface area is 140 Å². The molecule has 130 valence electrons. The average Bonchev–Trinajstić information content (AvgIpc) is 3.27. The lowest BCUT2D eigenvalue weighted by Gasteiger charge is -2.21. The molecule has 1 aliphatic heterocycles. The summed E-state index contributed by atoms with van der Waals surface area (Å²) in [6.45, 7) is 4.22. The van der Waals surface area contributed by atoms with Gasteiger partial charge in [-0.15, -0.1) is 0 Å². The molecule has 0 spiro atoms. The fraction of sp³-hybridized carbons (Fsp3) is 0.529. The summed E-state index contributed by atoms with van der Waals surface area (Å²) in [4.78, 5) is 12.8. The molecule has 0 aromatic carbocycles. The molecular weight excluding hydrogens is 310 g/mol. The van der Waals surface area contributed by atoms with Crippen molar-refractivity contribution in [2.45, 2.75) is 32.4 Å². The van der Waals surface area contributed by atoms with Crippen molar-refractivity contribution in [3.63, 3.8) is 0 Å². The molecule has 24 heavy (non-hydrogen) atoms. The first-order chi connectivity index (χ1) is 11.5. The van der Waals surface area contributed by atoms with Crippen LogP contribution in [-0.2, 0) is 16.6 Å². The Balaban J connectivity index is 1.79. The molecule has 1 amide bonds. The normalized spacial score (nSPS) is 21.8. The molecule has 3 atom stereocenters. The summed E-state index contributed by atoms with van der Waals surface area (Å²) in [5.41, 5.74) is 2.86. The molecule has 7 heteroatoms. The summed E-state index contributed by atoms with van der Waals surface area (Å²) in [6, 6.07) is 2.91. The Morgan fingerprint density at radius 3 is 2.92 bits per heavy atom. The topological polar surface area (TPSA) is 89.5 Å². The Hall–Kier alpha value is -2.12. The smallest absolute Gasteiger partial charge is 0.226 e. The molecular formula is C17H23N3O4. The van der Waals surface area contributed by atoms with Gasteiger partial charge < -0.3 is 19.6 Å². The van der Waals surface area contributed by atoms with Crippen LogP contribution >= 0.6 is 0 Å². The zero-order chi connectivity index (χ0) is 17.3. The highest BCUT2D eigenvalue weighted by molar-refractivity contribution is 5.80. The zero-order valence-electron chi connectivity index (χ0n) is 14.2. The lowest BCUT2D eigenvalue weighted by atomic mass is 9.93. The molecule has 0 radical (unpaired) electrons. The molecule has 0 aliphatic carbocycles. The summed E-state index contributed by atoms with van der Waals surface area (Å²) < 4.78 is 12.9. The third-order valence-electron chi connectivity index (χ3n) is 4.66. The second-order valence-corrected chi connectivity index (χ2v) is 6.15. The number of carbonyl (C=O) groups is 1. The third-order valence-corrected chi connectivity index (χ3v) is 4.66.